The van der Waals surface area contributed by atoms with Crippen LogP contribution >= 0.6 is 22.6 Å². The van der Waals surface area contributed by atoms with E-state index in [1.807, 2.05) is 28.7 Å². The number of halogens is 1. The molecule has 0 radical (unpaired) electrons. The standard InChI is InChI=1S/C8H8IN3O/c9-7-5-8(13)12(11-6-7)4-2-1-3-10/h5-6H,1-2,4H2. The lowest BCUT2D eigenvalue weighted by Gasteiger charge is -2.00. The molecule has 0 saturated carbocycles. The minimum Gasteiger partial charge on any atom is -0.268 e. The quantitative estimate of drug-likeness (QED) is 0.619. The summed E-state index contributed by atoms with van der Waals surface area (Å²) in [4.78, 5) is 11.2. The first-order valence-electron chi connectivity index (χ1n) is 3.83. The molecule has 68 valence electrons. The summed E-state index contributed by atoms with van der Waals surface area (Å²) in [5.41, 5.74) is -0.107. The maximum Gasteiger partial charge on any atom is 0.267 e. The summed E-state index contributed by atoms with van der Waals surface area (Å²) in [6.45, 7) is 0.517. The minimum atomic E-state index is -0.107. The minimum absolute atomic E-state index is 0.107. The van der Waals surface area contributed by atoms with Crippen molar-refractivity contribution >= 4 is 22.6 Å². The van der Waals surface area contributed by atoms with Gasteiger partial charge in [0.25, 0.3) is 5.56 Å². The van der Waals surface area contributed by atoms with Crippen LogP contribution in [-0.2, 0) is 6.54 Å². The van der Waals surface area contributed by atoms with E-state index in [1.165, 1.54) is 10.7 Å². The van der Waals surface area contributed by atoms with Gasteiger partial charge >= 0.3 is 0 Å². The molecule has 0 bridgehead atoms. The molecule has 5 heteroatoms. The van der Waals surface area contributed by atoms with Crippen molar-refractivity contribution in [3.63, 3.8) is 0 Å². The van der Waals surface area contributed by atoms with Crippen LogP contribution < -0.4 is 5.56 Å². The van der Waals surface area contributed by atoms with Crippen LogP contribution in [0, 0.1) is 14.9 Å². The Hall–Kier alpha value is -0.900. The smallest absolute Gasteiger partial charge is 0.267 e. The molecule has 13 heavy (non-hydrogen) atoms. The Labute approximate surface area is 89.3 Å². The lowest BCUT2D eigenvalue weighted by molar-refractivity contribution is 0.552. The Morgan fingerprint density at radius 2 is 2.46 bits per heavy atom. The van der Waals surface area contributed by atoms with Gasteiger partial charge in [0.2, 0.25) is 0 Å². The molecule has 4 nitrogen and oxygen atoms in total. The van der Waals surface area contributed by atoms with Crippen LogP contribution in [0.5, 0.6) is 0 Å². The third kappa shape index (κ3) is 3.14. The van der Waals surface area contributed by atoms with E-state index in [1.54, 1.807) is 6.20 Å². The molecular weight excluding hydrogens is 281 g/mol. The molecule has 0 atom stereocenters. The van der Waals surface area contributed by atoms with E-state index >= 15 is 0 Å². The first-order valence-corrected chi connectivity index (χ1v) is 4.91. The van der Waals surface area contributed by atoms with Crippen molar-refractivity contribution in [1.82, 2.24) is 9.78 Å². The summed E-state index contributed by atoms with van der Waals surface area (Å²) >= 11 is 2.04. The van der Waals surface area contributed by atoms with Gasteiger partial charge in [0.1, 0.15) is 0 Å². The lowest BCUT2D eigenvalue weighted by Crippen LogP contribution is -2.22. The van der Waals surface area contributed by atoms with Gasteiger partial charge in [-0.05, 0) is 29.0 Å². The number of hydrogen-bond donors (Lipinski definition) is 0. The van der Waals surface area contributed by atoms with E-state index in [0.29, 0.717) is 19.4 Å². The van der Waals surface area contributed by atoms with Crippen LogP contribution in [-0.4, -0.2) is 9.78 Å². The topological polar surface area (TPSA) is 58.7 Å². The number of rotatable bonds is 3. The van der Waals surface area contributed by atoms with E-state index in [4.69, 9.17) is 5.26 Å². The molecule has 0 aliphatic heterocycles. The Morgan fingerprint density at radius 3 is 3.08 bits per heavy atom. The number of aryl methyl sites for hydroxylation is 1. The molecule has 1 rings (SSSR count). The molecule has 0 N–H and O–H groups in total. The lowest BCUT2D eigenvalue weighted by atomic mass is 10.3. The summed E-state index contributed by atoms with van der Waals surface area (Å²) in [6, 6.07) is 3.55. The van der Waals surface area contributed by atoms with Crippen LogP contribution in [0.4, 0.5) is 0 Å². The Morgan fingerprint density at radius 1 is 1.69 bits per heavy atom. The van der Waals surface area contributed by atoms with E-state index in [0.717, 1.165) is 3.57 Å². The van der Waals surface area contributed by atoms with Gasteiger partial charge in [0.05, 0.1) is 12.3 Å². The highest BCUT2D eigenvalue weighted by atomic mass is 127. The van der Waals surface area contributed by atoms with Crippen molar-refractivity contribution < 1.29 is 0 Å². The number of nitriles is 1. The van der Waals surface area contributed by atoms with E-state index in [9.17, 15) is 4.79 Å². The maximum atomic E-state index is 11.2. The van der Waals surface area contributed by atoms with Crippen LogP contribution in [0.25, 0.3) is 0 Å². The highest BCUT2D eigenvalue weighted by Crippen LogP contribution is 1.96. The van der Waals surface area contributed by atoms with Crippen LogP contribution in [0.3, 0.4) is 0 Å². The fourth-order valence-corrected chi connectivity index (χ4v) is 1.28. The van der Waals surface area contributed by atoms with E-state index in [2.05, 4.69) is 5.10 Å². The Balaban J connectivity index is 2.68. The van der Waals surface area contributed by atoms with Gasteiger partial charge in [-0.2, -0.15) is 10.4 Å². The molecule has 0 amide bonds. The van der Waals surface area contributed by atoms with Crippen LogP contribution in [0.1, 0.15) is 12.8 Å². The summed E-state index contributed by atoms with van der Waals surface area (Å²) < 4.78 is 2.21. The molecule has 0 aromatic carbocycles. The molecule has 0 unspecified atom stereocenters. The van der Waals surface area contributed by atoms with Crippen molar-refractivity contribution in [2.75, 3.05) is 0 Å². The molecule has 0 fully saturated rings. The third-order valence-corrected chi connectivity index (χ3v) is 2.08. The highest BCUT2D eigenvalue weighted by Gasteiger charge is 1.96. The average molecular weight is 289 g/mol. The molecule has 1 aromatic heterocycles. The number of unbranched alkanes of at least 4 members (excludes halogenated alkanes) is 1. The van der Waals surface area contributed by atoms with Crippen molar-refractivity contribution in [2.45, 2.75) is 19.4 Å². The van der Waals surface area contributed by atoms with Crippen molar-refractivity contribution in [2.24, 2.45) is 0 Å². The van der Waals surface area contributed by atoms with Gasteiger partial charge in [-0.3, -0.25) is 4.79 Å². The van der Waals surface area contributed by atoms with Gasteiger partial charge in [-0.25, -0.2) is 4.68 Å². The van der Waals surface area contributed by atoms with Crippen molar-refractivity contribution in [3.8, 4) is 6.07 Å². The van der Waals surface area contributed by atoms with E-state index in [-0.39, 0.29) is 5.56 Å². The molecule has 0 spiro atoms. The first kappa shape index (κ1) is 10.2. The molecule has 1 aromatic rings. The zero-order valence-electron chi connectivity index (χ0n) is 6.90. The maximum absolute atomic E-state index is 11.2. The van der Waals surface area contributed by atoms with Crippen LogP contribution in [0.2, 0.25) is 0 Å². The highest BCUT2D eigenvalue weighted by molar-refractivity contribution is 14.1. The molecule has 0 aliphatic rings. The summed E-state index contributed by atoms with van der Waals surface area (Å²) in [7, 11) is 0. The summed E-state index contributed by atoms with van der Waals surface area (Å²) in [6.07, 6.45) is 2.76. The molecular formula is C8H8IN3O. The fraction of sp³-hybridized carbons (Fsp3) is 0.375. The summed E-state index contributed by atoms with van der Waals surface area (Å²) in [5, 5.41) is 12.2. The second kappa shape index (κ2) is 4.97. The van der Waals surface area contributed by atoms with Gasteiger partial charge < -0.3 is 0 Å². The predicted molar refractivity (Wildman–Crippen MR) is 56.1 cm³/mol. The SMILES string of the molecule is N#CCCCn1ncc(I)cc1=O. The monoisotopic (exact) mass is 289 g/mol. The zero-order valence-corrected chi connectivity index (χ0v) is 9.06. The number of hydrogen-bond acceptors (Lipinski definition) is 3. The number of nitrogens with zero attached hydrogens (tertiary/aromatic N) is 3. The van der Waals surface area contributed by atoms with Gasteiger partial charge in [-0.1, -0.05) is 0 Å². The molecule has 1 heterocycles. The normalized spacial score (nSPS) is 9.54. The van der Waals surface area contributed by atoms with E-state index < -0.39 is 0 Å². The Bertz CT molecular complexity index is 380. The molecule has 0 saturated heterocycles. The van der Waals surface area contributed by atoms with Gasteiger partial charge in [0, 0.05) is 22.6 Å². The van der Waals surface area contributed by atoms with Crippen LogP contribution in [0.15, 0.2) is 17.1 Å². The van der Waals surface area contributed by atoms with Crippen molar-refractivity contribution in [1.29, 1.82) is 5.26 Å². The zero-order chi connectivity index (χ0) is 9.68. The average Bonchev–Trinajstić information content (AvgIpc) is 2.09. The summed E-state index contributed by atoms with van der Waals surface area (Å²) in [5.74, 6) is 0. The number of aromatic nitrogens is 2. The Kier molecular flexibility index (Phi) is 3.89. The fourth-order valence-electron chi connectivity index (χ4n) is 0.887. The third-order valence-electron chi connectivity index (χ3n) is 1.49. The largest absolute Gasteiger partial charge is 0.268 e. The van der Waals surface area contributed by atoms with Gasteiger partial charge in [-0.15, -0.1) is 0 Å². The van der Waals surface area contributed by atoms with Crippen molar-refractivity contribution in [3.05, 3.63) is 26.2 Å². The second-order valence-corrected chi connectivity index (χ2v) is 3.74. The van der Waals surface area contributed by atoms with Gasteiger partial charge in [0.15, 0.2) is 0 Å². The molecule has 0 aliphatic carbocycles. The second-order valence-electron chi connectivity index (χ2n) is 2.50. The first-order chi connectivity index (χ1) is 6.24. The predicted octanol–water partition coefficient (Wildman–Crippen LogP) is 1.15.